The first-order chi connectivity index (χ1) is 10.7. The first kappa shape index (κ1) is 14.3. The van der Waals surface area contributed by atoms with Crippen LogP contribution in [0.25, 0.3) is 11.5 Å². The summed E-state index contributed by atoms with van der Waals surface area (Å²) in [6.45, 7) is 2.61. The molecule has 7 nitrogen and oxygen atoms in total. The Morgan fingerprint density at radius 2 is 2.09 bits per heavy atom. The molecule has 0 fully saturated rings. The van der Waals surface area contributed by atoms with E-state index in [0.717, 1.165) is 11.3 Å². The fourth-order valence-electron chi connectivity index (χ4n) is 2.05. The standard InChI is InChI=1S/C15H16N6O/c1-11(13-5-7-17-10-18-13)21(2)9-14-19-20-15(22-14)12-4-3-6-16-8-12/h3-8,10-11H,9H2,1-2H3. The summed E-state index contributed by atoms with van der Waals surface area (Å²) in [5.41, 5.74) is 1.76. The number of hydrogen-bond acceptors (Lipinski definition) is 7. The minimum absolute atomic E-state index is 0.122. The van der Waals surface area contributed by atoms with E-state index in [2.05, 4.69) is 37.0 Å². The highest BCUT2D eigenvalue weighted by atomic mass is 16.4. The highest BCUT2D eigenvalue weighted by Gasteiger charge is 2.16. The molecule has 0 aliphatic rings. The molecule has 0 saturated carbocycles. The van der Waals surface area contributed by atoms with Gasteiger partial charge in [-0.2, -0.15) is 0 Å². The van der Waals surface area contributed by atoms with Gasteiger partial charge in [-0.1, -0.05) is 0 Å². The van der Waals surface area contributed by atoms with Crippen molar-refractivity contribution in [3.8, 4) is 11.5 Å². The molecule has 0 amide bonds. The SMILES string of the molecule is CC(c1ccncn1)N(C)Cc1nnc(-c2cccnc2)o1. The van der Waals surface area contributed by atoms with Crippen LogP contribution in [-0.4, -0.2) is 37.1 Å². The number of aromatic nitrogens is 5. The summed E-state index contributed by atoms with van der Waals surface area (Å²) in [6, 6.07) is 5.74. The van der Waals surface area contributed by atoms with Crippen LogP contribution in [0.4, 0.5) is 0 Å². The quantitative estimate of drug-likeness (QED) is 0.713. The van der Waals surface area contributed by atoms with Gasteiger partial charge in [-0.15, -0.1) is 10.2 Å². The molecular weight excluding hydrogens is 280 g/mol. The van der Waals surface area contributed by atoms with E-state index in [1.165, 1.54) is 0 Å². The average Bonchev–Trinajstić information content (AvgIpc) is 3.04. The molecule has 3 aromatic rings. The van der Waals surface area contributed by atoms with Crippen molar-refractivity contribution < 1.29 is 4.42 Å². The fraction of sp³-hybridized carbons (Fsp3) is 0.267. The van der Waals surface area contributed by atoms with Crippen LogP contribution in [0.5, 0.6) is 0 Å². The van der Waals surface area contributed by atoms with Gasteiger partial charge in [-0.05, 0) is 32.2 Å². The Hall–Kier alpha value is -2.67. The van der Waals surface area contributed by atoms with Crippen LogP contribution >= 0.6 is 0 Å². The molecule has 0 N–H and O–H groups in total. The van der Waals surface area contributed by atoms with Gasteiger partial charge in [0.25, 0.3) is 0 Å². The van der Waals surface area contributed by atoms with Crippen LogP contribution in [0.15, 0.2) is 47.5 Å². The maximum absolute atomic E-state index is 5.69. The van der Waals surface area contributed by atoms with Crippen molar-refractivity contribution in [1.82, 2.24) is 30.0 Å². The lowest BCUT2D eigenvalue weighted by Crippen LogP contribution is -2.22. The van der Waals surface area contributed by atoms with Crippen LogP contribution in [0.3, 0.4) is 0 Å². The van der Waals surface area contributed by atoms with Crippen LogP contribution in [0, 0.1) is 0 Å². The Balaban J connectivity index is 1.70. The van der Waals surface area contributed by atoms with E-state index in [1.807, 2.05) is 25.2 Å². The average molecular weight is 296 g/mol. The molecule has 0 spiro atoms. The van der Waals surface area contributed by atoms with Gasteiger partial charge in [-0.3, -0.25) is 9.88 Å². The van der Waals surface area contributed by atoms with Crippen molar-refractivity contribution in [1.29, 1.82) is 0 Å². The summed E-state index contributed by atoms with van der Waals surface area (Å²) in [5.74, 6) is 1.04. The van der Waals surface area contributed by atoms with Gasteiger partial charge in [0, 0.05) is 24.6 Å². The monoisotopic (exact) mass is 296 g/mol. The highest BCUT2D eigenvalue weighted by Crippen LogP contribution is 2.20. The van der Waals surface area contributed by atoms with Gasteiger partial charge in [0.05, 0.1) is 17.8 Å². The lowest BCUT2D eigenvalue weighted by molar-refractivity contribution is 0.225. The van der Waals surface area contributed by atoms with Crippen molar-refractivity contribution in [2.45, 2.75) is 19.5 Å². The van der Waals surface area contributed by atoms with E-state index in [0.29, 0.717) is 18.3 Å². The van der Waals surface area contributed by atoms with E-state index in [1.54, 1.807) is 24.9 Å². The summed E-state index contributed by atoms with van der Waals surface area (Å²) in [6.07, 6.45) is 6.69. The van der Waals surface area contributed by atoms with Crippen molar-refractivity contribution in [2.75, 3.05) is 7.05 Å². The summed E-state index contributed by atoms with van der Waals surface area (Å²) < 4.78 is 5.69. The second-order valence-corrected chi connectivity index (χ2v) is 4.97. The lowest BCUT2D eigenvalue weighted by atomic mass is 10.2. The van der Waals surface area contributed by atoms with Crippen LogP contribution in [0.2, 0.25) is 0 Å². The molecule has 22 heavy (non-hydrogen) atoms. The molecule has 0 aromatic carbocycles. The van der Waals surface area contributed by atoms with E-state index in [9.17, 15) is 0 Å². The Kier molecular flexibility index (Phi) is 4.15. The Morgan fingerprint density at radius 1 is 1.18 bits per heavy atom. The minimum Gasteiger partial charge on any atom is -0.419 e. The molecule has 0 saturated heterocycles. The molecule has 1 atom stereocenters. The molecule has 1 unspecified atom stereocenters. The van der Waals surface area contributed by atoms with Crippen LogP contribution < -0.4 is 0 Å². The van der Waals surface area contributed by atoms with Gasteiger partial charge < -0.3 is 4.42 Å². The summed E-state index contributed by atoms with van der Waals surface area (Å²) in [7, 11) is 1.99. The van der Waals surface area contributed by atoms with E-state index < -0.39 is 0 Å². The zero-order valence-electron chi connectivity index (χ0n) is 12.4. The number of hydrogen-bond donors (Lipinski definition) is 0. The third-order valence-corrected chi connectivity index (χ3v) is 3.45. The van der Waals surface area contributed by atoms with Gasteiger partial charge in [-0.25, -0.2) is 9.97 Å². The Labute approximate surface area is 128 Å². The highest BCUT2D eigenvalue weighted by molar-refractivity contribution is 5.49. The van der Waals surface area contributed by atoms with Gasteiger partial charge in [0.2, 0.25) is 11.8 Å². The Morgan fingerprint density at radius 3 is 2.82 bits per heavy atom. The number of nitrogens with zero attached hydrogens (tertiary/aromatic N) is 6. The molecule has 3 aromatic heterocycles. The number of pyridine rings is 1. The molecule has 0 aliphatic carbocycles. The molecule has 112 valence electrons. The van der Waals surface area contributed by atoms with E-state index in [-0.39, 0.29) is 6.04 Å². The normalized spacial score (nSPS) is 12.5. The second kappa shape index (κ2) is 6.40. The molecule has 7 heteroatoms. The zero-order valence-corrected chi connectivity index (χ0v) is 12.4. The molecule has 0 radical (unpaired) electrons. The van der Waals surface area contributed by atoms with Gasteiger partial charge in [0.15, 0.2) is 0 Å². The smallest absolute Gasteiger partial charge is 0.249 e. The van der Waals surface area contributed by atoms with Crippen LogP contribution in [0.1, 0.15) is 24.6 Å². The molecule has 3 rings (SSSR count). The summed E-state index contributed by atoms with van der Waals surface area (Å²) >= 11 is 0. The fourth-order valence-corrected chi connectivity index (χ4v) is 2.05. The van der Waals surface area contributed by atoms with E-state index in [4.69, 9.17) is 4.42 Å². The van der Waals surface area contributed by atoms with Gasteiger partial charge in [0.1, 0.15) is 6.33 Å². The van der Waals surface area contributed by atoms with E-state index >= 15 is 0 Å². The lowest BCUT2D eigenvalue weighted by Gasteiger charge is -2.22. The van der Waals surface area contributed by atoms with Gasteiger partial charge >= 0.3 is 0 Å². The van der Waals surface area contributed by atoms with Crippen molar-refractivity contribution in [3.05, 3.63) is 54.7 Å². The first-order valence-corrected chi connectivity index (χ1v) is 6.93. The predicted molar refractivity (Wildman–Crippen MR) is 79.4 cm³/mol. The number of rotatable bonds is 5. The topological polar surface area (TPSA) is 80.8 Å². The molecule has 0 bridgehead atoms. The summed E-state index contributed by atoms with van der Waals surface area (Å²) in [5, 5.41) is 8.15. The maximum Gasteiger partial charge on any atom is 0.249 e. The molecular formula is C15H16N6O. The first-order valence-electron chi connectivity index (χ1n) is 6.93. The largest absolute Gasteiger partial charge is 0.419 e. The predicted octanol–water partition coefficient (Wildman–Crippen LogP) is 2.11. The molecule has 3 heterocycles. The zero-order chi connectivity index (χ0) is 15.4. The van der Waals surface area contributed by atoms with Crippen molar-refractivity contribution in [2.24, 2.45) is 0 Å². The second-order valence-electron chi connectivity index (χ2n) is 4.97. The third kappa shape index (κ3) is 3.15. The third-order valence-electron chi connectivity index (χ3n) is 3.45. The van der Waals surface area contributed by atoms with Crippen LogP contribution in [-0.2, 0) is 6.54 Å². The van der Waals surface area contributed by atoms with Crippen molar-refractivity contribution in [3.63, 3.8) is 0 Å². The van der Waals surface area contributed by atoms with Crippen molar-refractivity contribution >= 4 is 0 Å². The maximum atomic E-state index is 5.69. The molecule has 0 aliphatic heterocycles. The Bertz CT molecular complexity index is 715. The summed E-state index contributed by atoms with van der Waals surface area (Å²) in [4.78, 5) is 14.3. The minimum atomic E-state index is 0.122.